The van der Waals surface area contributed by atoms with Gasteiger partial charge in [0.05, 0.1) is 5.69 Å². The molecule has 0 radical (unpaired) electrons. The molecule has 28 heavy (non-hydrogen) atoms. The quantitative estimate of drug-likeness (QED) is 0.555. The number of carbonyl (C=O) groups is 1. The summed E-state index contributed by atoms with van der Waals surface area (Å²) in [5, 5.41) is 15.8. The molecule has 0 fully saturated rings. The molecule has 1 N–H and O–H groups in total. The van der Waals surface area contributed by atoms with Crippen molar-refractivity contribution in [2.75, 3.05) is 6.54 Å². The second-order valence-corrected chi connectivity index (χ2v) is 6.96. The zero-order chi connectivity index (χ0) is 19.7. The number of hydrogen-bond acceptors (Lipinski definition) is 5. The predicted molar refractivity (Wildman–Crippen MR) is 105 cm³/mol. The van der Waals surface area contributed by atoms with E-state index in [1.807, 2.05) is 60.1 Å². The summed E-state index contributed by atoms with van der Waals surface area (Å²) in [6.45, 7) is 6.49. The van der Waals surface area contributed by atoms with E-state index < -0.39 is 0 Å². The van der Waals surface area contributed by atoms with Crippen molar-refractivity contribution in [2.45, 2.75) is 40.0 Å². The molecule has 1 amide bonds. The third-order valence-electron chi connectivity index (χ3n) is 4.94. The number of fused-ring (bicyclic) bond motifs is 2. The van der Waals surface area contributed by atoms with E-state index in [0.29, 0.717) is 25.8 Å². The molecule has 4 heterocycles. The number of amides is 1. The van der Waals surface area contributed by atoms with Crippen molar-refractivity contribution in [3.05, 3.63) is 58.9 Å². The summed E-state index contributed by atoms with van der Waals surface area (Å²) in [5.41, 5.74) is 5.67. The van der Waals surface area contributed by atoms with Gasteiger partial charge in [0.25, 0.3) is 0 Å². The molecule has 0 atom stereocenters. The van der Waals surface area contributed by atoms with Crippen molar-refractivity contribution < 1.29 is 4.79 Å². The van der Waals surface area contributed by atoms with Crippen LogP contribution in [0.25, 0.3) is 11.3 Å². The Kier molecular flexibility index (Phi) is 4.77. The number of aromatic nitrogens is 6. The molecule has 0 saturated heterocycles. The van der Waals surface area contributed by atoms with Gasteiger partial charge in [-0.25, -0.2) is 9.50 Å². The Morgan fingerprint density at radius 1 is 1.11 bits per heavy atom. The van der Waals surface area contributed by atoms with Crippen LogP contribution >= 0.6 is 0 Å². The van der Waals surface area contributed by atoms with Gasteiger partial charge < -0.3 is 5.32 Å². The SMILES string of the molecule is Cc1cc2nc(C)c(CCC(=O)NCCc3nnc4ccccn34)c(C)n2n1. The third kappa shape index (κ3) is 3.45. The molecule has 4 rings (SSSR count). The van der Waals surface area contributed by atoms with E-state index in [1.54, 1.807) is 0 Å². The fourth-order valence-electron chi connectivity index (χ4n) is 3.51. The third-order valence-corrected chi connectivity index (χ3v) is 4.94. The highest BCUT2D eigenvalue weighted by Crippen LogP contribution is 2.17. The van der Waals surface area contributed by atoms with Gasteiger partial charge in [-0.05, 0) is 44.9 Å². The van der Waals surface area contributed by atoms with Gasteiger partial charge in [-0.1, -0.05) is 6.07 Å². The average Bonchev–Trinajstić information content (AvgIpc) is 3.25. The number of carbonyl (C=O) groups excluding carboxylic acids is 1. The molecule has 0 aliphatic heterocycles. The molecule has 0 aliphatic rings. The normalized spacial score (nSPS) is 11.4. The van der Waals surface area contributed by atoms with Crippen molar-refractivity contribution in [3.8, 4) is 0 Å². The summed E-state index contributed by atoms with van der Waals surface area (Å²) in [6, 6.07) is 7.74. The van der Waals surface area contributed by atoms with E-state index in [1.165, 1.54) is 0 Å². The van der Waals surface area contributed by atoms with Gasteiger partial charge in [-0.2, -0.15) is 5.10 Å². The van der Waals surface area contributed by atoms with Crippen LogP contribution < -0.4 is 5.32 Å². The van der Waals surface area contributed by atoms with Crippen molar-refractivity contribution in [3.63, 3.8) is 0 Å². The smallest absolute Gasteiger partial charge is 0.220 e. The van der Waals surface area contributed by atoms with Gasteiger partial charge >= 0.3 is 0 Å². The molecular weight excluding hydrogens is 354 g/mol. The second kappa shape index (κ2) is 7.38. The Hall–Kier alpha value is -3.29. The molecule has 8 nitrogen and oxygen atoms in total. The van der Waals surface area contributed by atoms with Crippen LogP contribution in [0.2, 0.25) is 0 Å². The Bertz CT molecular complexity index is 1160. The van der Waals surface area contributed by atoms with E-state index >= 15 is 0 Å². The first-order valence-electron chi connectivity index (χ1n) is 9.41. The lowest BCUT2D eigenvalue weighted by Crippen LogP contribution is -2.26. The first kappa shape index (κ1) is 18.1. The summed E-state index contributed by atoms with van der Waals surface area (Å²) in [7, 11) is 0. The van der Waals surface area contributed by atoms with E-state index in [-0.39, 0.29) is 5.91 Å². The Labute approximate surface area is 162 Å². The monoisotopic (exact) mass is 377 g/mol. The fourth-order valence-corrected chi connectivity index (χ4v) is 3.51. The maximum absolute atomic E-state index is 12.3. The topological polar surface area (TPSA) is 89.5 Å². The van der Waals surface area contributed by atoms with Crippen molar-refractivity contribution >= 4 is 17.2 Å². The molecular formula is C20H23N7O. The first-order valence-corrected chi connectivity index (χ1v) is 9.41. The van der Waals surface area contributed by atoms with Gasteiger partial charge in [0, 0.05) is 43.0 Å². The molecule has 0 aliphatic carbocycles. The maximum Gasteiger partial charge on any atom is 0.220 e. The Balaban J connectivity index is 1.35. The van der Waals surface area contributed by atoms with Gasteiger partial charge in [0.1, 0.15) is 5.82 Å². The first-order chi connectivity index (χ1) is 13.5. The van der Waals surface area contributed by atoms with E-state index in [4.69, 9.17) is 0 Å². The molecule has 0 unspecified atom stereocenters. The van der Waals surface area contributed by atoms with E-state index in [2.05, 4.69) is 25.6 Å². The lowest BCUT2D eigenvalue weighted by molar-refractivity contribution is -0.121. The highest BCUT2D eigenvalue weighted by atomic mass is 16.1. The molecule has 8 heteroatoms. The summed E-state index contributed by atoms with van der Waals surface area (Å²) < 4.78 is 3.79. The standard InChI is InChI=1S/C20H23N7O/c1-13-12-19-22-14(2)16(15(3)27(19)25-13)7-8-20(28)21-10-9-18-24-23-17-6-4-5-11-26(17)18/h4-6,11-12H,7-10H2,1-3H3,(H,21,28). The van der Waals surface area contributed by atoms with Crippen LogP contribution in [0.15, 0.2) is 30.5 Å². The predicted octanol–water partition coefficient (Wildman–Crippen LogP) is 1.99. The van der Waals surface area contributed by atoms with Gasteiger partial charge in [-0.15, -0.1) is 10.2 Å². The number of nitrogens with zero attached hydrogens (tertiary/aromatic N) is 6. The largest absolute Gasteiger partial charge is 0.356 e. The minimum atomic E-state index is 0.0179. The van der Waals surface area contributed by atoms with Crippen LogP contribution in [0, 0.1) is 20.8 Å². The molecule has 0 aromatic carbocycles. The van der Waals surface area contributed by atoms with Crippen molar-refractivity contribution in [1.29, 1.82) is 0 Å². The number of rotatable bonds is 6. The fraction of sp³-hybridized carbons (Fsp3) is 0.350. The highest BCUT2D eigenvalue weighted by molar-refractivity contribution is 5.76. The lowest BCUT2D eigenvalue weighted by atomic mass is 10.1. The van der Waals surface area contributed by atoms with E-state index in [0.717, 1.165) is 39.8 Å². The maximum atomic E-state index is 12.3. The molecule has 0 bridgehead atoms. The number of aryl methyl sites for hydroxylation is 3. The average molecular weight is 377 g/mol. The summed E-state index contributed by atoms with van der Waals surface area (Å²) in [6.07, 6.45) is 3.61. The zero-order valence-electron chi connectivity index (χ0n) is 16.3. The Morgan fingerprint density at radius 3 is 2.82 bits per heavy atom. The Morgan fingerprint density at radius 2 is 1.96 bits per heavy atom. The minimum Gasteiger partial charge on any atom is -0.356 e. The van der Waals surface area contributed by atoms with Crippen LogP contribution in [0.4, 0.5) is 0 Å². The summed E-state index contributed by atoms with van der Waals surface area (Å²) >= 11 is 0. The van der Waals surface area contributed by atoms with Crippen LogP contribution in [0.5, 0.6) is 0 Å². The van der Waals surface area contributed by atoms with E-state index in [9.17, 15) is 4.79 Å². The van der Waals surface area contributed by atoms with Crippen LogP contribution in [-0.2, 0) is 17.6 Å². The number of pyridine rings is 1. The lowest BCUT2D eigenvalue weighted by Gasteiger charge is -2.11. The van der Waals surface area contributed by atoms with Crippen molar-refractivity contribution in [1.82, 2.24) is 34.5 Å². The summed E-state index contributed by atoms with van der Waals surface area (Å²) in [4.78, 5) is 16.9. The zero-order valence-corrected chi connectivity index (χ0v) is 16.3. The summed E-state index contributed by atoms with van der Waals surface area (Å²) in [5.74, 6) is 0.857. The minimum absolute atomic E-state index is 0.0179. The van der Waals surface area contributed by atoms with Gasteiger partial charge in [0.2, 0.25) is 5.91 Å². The van der Waals surface area contributed by atoms with Crippen LogP contribution in [-0.4, -0.2) is 41.6 Å². The molecule has 0 saturated carbocycles. The van der Waals surface area contributed by atoms with Gasteiger partial charge in [-0.3, -0.25) is 9.20 Å². The number of hydrogen-bond donors (Lipinski definition) is 1. The molecule has 144 valence electrons. The van der Waals surface area contributed by atoms with Crippen LogP contribution in [0.1, 0.15) is 34.9 Å². The molecule has 4 aromatic rings. The second-order valence-electron chi connectivity index (χ2n) is 6.96. The van der Waals surface area contributed by atoms with Crippen molar-refractivity contribution in [2.24, 2.45) is 0 Å². The number of nitrogens with one attached hydrogen (secondary N) is 1. The molecule has 0 spiro atoms. The van der Waals surface area contributed by atoms with Gasteiger partial charge in [0.15, 0.2) is 11.3 Å². The van der Waals surface area contributed by atoms with Crippen LogP contribution in [0.3, 0.4) is 0 Å². The highest BCUT2D eigenvalue weighted by Gasteiger charge is 2.13. The molecule has 4 aromatic heterocycles.